The molecule has 0 aliphatic carbocycles. The second-order valence-corrected chi connectivity index (χ2v) is 11.7. The predicted octanol–water partition coefficient (Wildman–Crippen LogP) is 5.87. The van der Waals surface area contributed by atoms with Crippen LogP contribution >= 0.6 is 0 Å². The Labute approximate surface area is 251 Å². The molecule has 0 fully saturated rings. The van der Waals surface area contributed by atoms with Gasteiger partial charge in [0.1, 0.15) is 11.5 Å². The molecule has 7 rings (SSSR count). The first-order valence-corrected chi connectivity index (χ1v) is 14.7. The fourth-order valence-corrected chi connectivity index (χ4v) is 7.17. The summed E-state index contributed by atoms with van der Waals surface area (Å²) < 4.78 is 18.5. The number of likely N-dealkylation sites (N-methyl/N-ethyl adjacent to an activating group) is 1. The summed E-state index contributed by atoms with van der Waals surface area (Å²) in [6.45, 7) is 0.901. The van der Waals surface area contributed by atoms with Crippen LogP contribution in [-0.2, 0) is 25.7 Å². The molecule has 3 heterocycles. The molecule has 2 bridgehead atoms. The Bertz CT molecular complexity index is 1700. The van der Waals surface area contributed by atoms with Crippen LogP contribution < -0.4 is 19.5 Å². The summed E-state index contributed by atoms with van der Waals surface area (Å²) in [5, 5.41) is 33.9. The zero-order chi connectivity index (χ0) is 29.8. The smallest absolute Gasteiger partial charge is 0.204 e. The number of nitrogens with zero attached hydrogens (tertiary/aromatic N) is 1. The molecule has 4 N–H and O–H groups in total. The fraction of sp³-hybridized carbons (Fsp3) is 0.314. The molecule has 0 radical (unpaired) electrons. The van der Waals surface area contributed by atoms with Gasteiger partial charge in [0, 0.05) is 23.7 Å². The van der Waals surface area contributed by atoms with E-state index in [2.05, 4.69) is 29.4 Å². The zero-order valence-corrected chi connectivity index (χ0v) is 24.6. The number of benzene rings is 4. The van der Waals surface area contributed by atoms with Gasteiger partial charge < -0.3 is 34.8 Å². The minimum atomic E-state index is -0.107. The van der Waals surface area contributed by atoms with Crippen LogP contribution in [0.2, 0.25) is 0 Å². The molecule has 43 heavy (non-hydrogen) atoms. The van der Waals surface area contributed by atoms with Gasteiger partial charge in [-0.25, -0.2) is 0 Å². The number of rotatable bonds is 6. The number of aromatic hydroxyl groups is 3. The molecule has 0 amide bonds. The molecule has 3 aliphatic heterocycles. The van der Waals surface area contributed by atoms with Crippen molar-refractivity contribution in [2.75, 3.05) is 27.8 Å². The number of nitrogens with one attached hydrogen (secondary N) is 1. The van der Waals surface area contributed by atoms with E-state index >= 15 is 0 Å². The lowest BCUT2D eigenvalue weighted by Gasteiger charge is -2.46. The number of phenols is 3. The Morgan fingerprint density at radius 3 is 2.33 bits per heavy atom. The van der Waals surface area contributed by atoms with Crippen molar-refractivity contribution in [3.05, 3.63) is 99.6 Å². The Balaban J connectivity index is 1.28. The van der Waals surface area contributed by atoms with Gasteiger partial charge in [-0.3, -0.25) is 4.90 Å². The minimum Gasteiger partial charge on any atom is -0.508 e. The van der Waals surface area contributed by atoms with Gasteiger partial charge in [0.15, 0.2) is 23.0 Å². The van der Waals surface area contributed by atoms with Crippen molar-refractivity contribution in [2.24, 2.45) is 0 Å². The Kier molecular flexibility index (Phi) is 6.83. The molecule has 0 saturated carbocycles. The van der Waals surface area contributed by atoms with Crippen molar-refractivity contribution in [1.82, 2.24) is 10.2 Å². The van der Waals surface area contributed by atoms with Crippen LogP contribution in [0, 0.1) is 0 Å². The molecule has 3 aliphatic rings. The van der Waals surface area contributed by atoms with Crippen molar-refractivity contribution in [3.63, 3.8) is 0 Å². The van der Waals surface area contributed by atoms with Crippen LogP contribution in [0.1, 0.15) is 57.1 Å². The van der Waals surface area contributed by atoms with E-state index in [4.69, 9.17) is 14.2 Å². The lowest BCUT2D eigenvalue weighted by atomic mass is 9.76. The lowest BCUT2D eigenvalue weighted by molar-refractivity contribution is 0.135. The van der Waals surface area contributed by atoms with E-state index in [1.54, 1.807) is 38.5 Å². The Hall–Kier alpha value is -4.40. The highest BCUT2D eigenvalue weighted by Gasteiger charge is 2.41. The van der Waals surface area contributed by atoms with Gasteiger partial charge in [-0.05, 0) is 115 Å². The second-order valence-electron chi connectivity index (χ2n) is 11.7. The summed E-state index contributed by atoms with van der Waals surface area (Å²) in [5.41, 5.74) is 7.85. The molecule has 4 aromatic carbocycles. The summed E-state index contributed by atoms with van der Waals surface area (Å²) in [4.78, 5) is 2.33. The molecule has 0 aromatic heterocycles. The number of fused-ring (bicyclic) bond motifs is 7. The van der Waals surface area contributed by atoms with E-state index < -0.39 is 0 Å². The summed E-state index contributed by atoms with van der Waals surface area (Å²) in [7, 11) is 5.37. The highest BCUT2D eigenvalue weighted by atomic mass is 16.5. The van der Waals surface area contributed by atoms with Crippen LogP contribution in [0.4, 0.5) is 0 Å². The van der Waals surface area contributed by atoms with Crippen molar-refractivity contribution < 1.29 is 29.5 Å². The second kappa shape index (κ2) is 10.7. The van der Waals surface area contributed by atoms with Gasteiger partial charge in [-0.1, -0.05) is 18.2 Å². The van der Waals surface area contributed by atoms with Crippen molar-refractivity contribution in [1.29, 1.82) is 0 Å². The first kappa shape index (κ1) is 27.4. The molecule has 0 saturated heterocycles. The first-order chi connectivity index (χ1) is 20.8. The predicted molar refractivity (Wildman–Crippen MR) is 163 cm³/mol. The van der Waals surface area contributed by atoms with Gasteiger partial charge in [0.25, 0.3) is 0 Å². The van der Waals surface area contributed by atoms with E-state index in [-0.39, 0.29) is 35.4 Å². The van der Waals surface area contributed by atoms with E-state index in [1.165, 1.54) is 11.1 Å². The molecule has 222 valence electrons. The van der Waals surface area contributed by atoms with Crippen molar-refractivity contribution >= 4 is 0 Å². The third-order valence-corrected chi connectivity index (χ3v) is 9.39. The third-order valence-electron chi connectivity index (χ3n) is 9.39. The molecular weight excluding hydrogens is 544 g/mol. The van der Waals surface area contributed by atoms with Crippen LogP contribution in [0.3, 0.4) is 0 Å². The maximum Gasteiger partial charge on any atom is 0.204 e. The van der Waals surface area contributed by atoms with E-state index in [0.717, 1.165) is 53.0 Å². The molecule has 0 spiro atoms. The van der Waals surface area contributed by atoms with Crippen LogP contribution in [0.5, 0.6) is 40.2 Å². The highest BCUT2D eigenvalue weighted by molar-refractivity contribution is 5.64. The van der Waals surface area contributed by atoms with E-state index in [9.17, 15) is 15.3 Å². The maximum atomic E-state index is 10.3. The van der Waals surface area contributed by atoms with Gasteiger partial charge in [0.2, 0.25) is 5.75 Å². The number of hydrogen-bond acceptors (Lipinski definition) is 8. The SMILES string of the molecule is COc1cc2c(c(Oc3ccc4c(c3)C(Cc3ccc(O)cc3)NCC4)c1OC)CC1c3cc(O)c(O)cc3CC2N1C. The van der Waals surface area contributed by atoms with Gasteiger partial charge in [-0.2, -0.15) is 0 Å². The monoisotopic (exact) mass is 580 g/mol. The summed E-state index contributed by atoms with van der Waals surface area (Å²) in [6.07, 6.45) is 3.07. The number of ether oxygens (including phenoxy) is 3. The molecule has 8 heteroatoms. The van der Waals surface area contributed by atoms with Crippen LogP contribution in [-0.4, -0.2) is 48.0 Å². The molecule has 3 unspecified atom stereocenters. The number of methoxy groups -OCH3 is 2. The largest absolute Gasteiger partial charge is 0.508 e. The average Bonchev–Trinajstić information content (AvgIpc) is 3.00. The summed E-state index contributed by atoms with van der Waals surface area (Å²) in [6, 6.07) is 19.3. The van der Waals surface area contributed by atoms with Gasteiger partial charge >= 0.3 is 0 Å². The molecule has 4 aromatic rings. The lowest BCUT2D eigenvalue weighted by Crippen LogP contribution is -2.40. The van der Waals surface area contributed by atoms with Gasteiger partial charge in [0.05, 0.1) is 14.2 Å². The topological polar surface area (TPSA) is 104 Å². The minimum absolute atomic E-state index is 0.00405. The molecular formula is C35H36N2O6. The fourth-order valence-electron chi connectivity index (χ4n) is 7.17. The Morgan fingerprint density at radius 2 is 1.56 bits per heavy atom. The van der Waals surface area contributed by atoms with Crippen molar-refractivity contribution in [2.45, 2.75) is 43.8 Å². The summed E-state index contributed by atoms with van der Waals surface area (Å²) >= 11 is 0. The normalized spacial score (nSPS) is 20.5. The van der Waals surface area contributed by atoms with E-state index in [1.807, 2.05) is 24.3 Å². The van der Waals surface area contributed by atoms with Gasteiger partial charge in [-0.15, -0.1) is 0 Å². The molecule has 8 nitrogen and oxygen atoms in total. The third kappa shape index (κ3) is 4.71. The number of hydrogen-bond donors (Lipinski definition) is 4. The quantitative estimate of drug-likeness (QED) is 0.210. The molecule has 3 atom stereocenters. The Morgan fingerprint density at radius 1 is 0.791 bits per heavy atom. The zero-order valence-electron chi connectivity index (χ0n) is 24.6. The first-order valence-electron chi connectivity index (χ1n) is 14.7. The average molecular weight is 581 g/mol. The van der Waals surface area contributed by atoms with Crippen LogP contribution in [0.15, 0.2) is 60.7 Å². The number of phenolic OH excluding ortho intramolecular Hbond substituents is 3. The summed E-state index contributed by atoms with van der Waals surface area (Å²) in [5.74, 6) is 2.58. The van der Waals surface area contributed by atoms with E-state index in [0.29, 0.717) is 30.1 Å². The maximum absolute atomic E-state index is 10.3. The highest BCUT2D eigenvalue weighted by Crippen LogP contribution is 2.55. The van der Waals surface area contributed by atoms with Crippen molar-refractivity contribution in [3.8, 4) is 40.2 Å². The standard InChI is InChI=1S/C35H36N2O6/c1-37-29-13-21-14-31(39)32(40)17-25(21)30(37)16-27-26(29)18-33(41-2)35(42-3)34(27)43-23-9-6-20-10-11-36-28(24(20)15-23)12-19-4-7-22(38)8-5-19/h4-9,14-15,17-18,28-30,36,38-40H,10-13,16H2,1-3H3. The van der Waals surface area contributed by atoms with Crippen LogP contribution in [0.25, 0.3) is 0 Å².